The summed E-state index contributed by atoms with van der Waals surface area (Å²) in [7, 11) is 1.49. The number of ether oxygens (including phenoxy) is 2. The SMILES string of the molecule is COc1cccc(C(=O)Oc2ccccc2C(C)=NNC(=O)C(=O)Nc2ccc(C(N)=O)cc2)c1. The van der Waals surface area contributed by atoms with Crippen LogP contribution in [0.25, 0.3) is 0 Å². The third-order valence-corrected chi connectivity index (χ3v) is 4.74. The maximum absolute atomic E-state index is 12.6. The summed E-state index contributed by atoms with van der Waals surface area (Å²) in [6.45, 7) is 1.58. The van der Waals surface area contributed by atoms with E-state index in [-0.39, 0.29) is 11.3 Å². The first-order valence-electron chi connectivity index (χ1n) is 10.3. The maximum atomic E-state index is 12.6. The molecule has 10 nitrogen and oxygen atoms in total. The number of rotatable bonds is 7. The number of primary amides is 1. The van der Waals surface area contributed by atoms with Crippen LogP contribution in [-0.4, -0.2) is 36.5 Å². The molecule has 0 fully saturated rings. The van der Waals surface area contributed by atoms with Crippen LogP contribution in [-0.2, 0) is 9.59 Å². The Labute approximate surface area is 200 Å². The fourth-order valence-corrected chi connectivity index (χ4v) is 2.91. The molecule has 3 amide bonds. The molecule has 0 saturated heterocycles. The van der Waals surface area contributed by atoms with E-state index in [2.05, 4.69) is 15.8 Å². The van der Waals surface area contributed by atoms with Gasteiger partial charge in [-0.15, -0.1) is 0 Å². The lowest BCUT2D eigenvalue weighted by atomic mass is 10.1. The summed E-state index contributed by atoms with van der Waals surface area (Å²) >= 11 is 0. The van der Waals surface area contributed by atoms with Crippen LogP contribution in [0.3, 0.4) is 0 Å². The number of hydrogen-bond donors (Lipinski definition) is 3. The molecule has 0 heterocycles. The second-order valence-corrected chi connectivity index (χ2v) is 7.15. The lowest BCUT2D eigenvalue weighted by Gasteiger charge is -2.11. The topological polar surface area (TPSA) is 149 Å². The molecule has 0 bridgehead atoms. The summed E-state index contributed by atoms with van der Waals surface area (Å²) in [5.74, 6) is -2.47. The summed E-state index contributed by atoms with van der Waals surface area (Å²) in [6, 6.07) is 18.8. The molecule has 178 valence electrons. The average molecular weight is 474 g/mol. The van der Waals surface area contributed by atoms with Crippen molar-refractivity contribution >= 4 is 35.1 Å². The van der Waals surface area contributed by atoms with Gasteiger partial charge in [-0.25, -0.2) is 10.2 Å². The summed E-state index contributed by atoms with van der Waals surface area (Å²) < 4.78 is 10.6. The molecular weight excluding hydrogens is 452 g/mol. The van der Waals surface area contributed by atoms with Gasteiger partial charge in [0.1, 0.15) is 11.5 Å². The molecule has 4 N–H and O–H groups in total. The Morgan fingerprint density at radius 1 is 0.857 bits per heavy atom. The van der Waals surface area contributed by atoms with Gasteiger partial charge in [0.05, 0.1) is 18.4 Å². The van der Waals surface area contributed by atoms with Crippen LogP contribution in [0.1, 0.15) is 33.2 Å². The van der Waals surface area contributed by atoms with Gasteiger partial charge in [-0.05, 0) is 61.5 Å². The van der Waals surface area contributed by atoms with Crippen LogP contribution in [0.2, 0.25) is 0 Å². The summed E-state index contributed by atoms with van der Waals surface area (Å²) in [6.07, 6.45) is 0. The predicted molar refractivity (Wildman–Crippen MR) is 128 cm³/mol. The second kappa shape index (κ2) is 11.2. The lowest BCUT2D eigenvalue weighted by molar-refractivity contribution is -0.136. The first-order chi connectivity index (χ1) is 16.8. The number of methoxy groups -OCH3 is 1. The molecule has 0 unspecified atom stereocenters. The molecule has 0 radical (unpaired) electrons. The van der Waals surface area contributed by atoms with Crippen LogP contribution in [0.15, 0.2) is 77.9 Å². The number of carbonyl (C=O) groups excluding carboxylic acids is 4. The van der Waals surface area contributed by atoms with Crippen LogP contribution >= 0.6 is 0 Å². The van der Waals surface area contributed by atoms with Crippen molar-refractivity contribution in [3.63, 3.8) is 0 Å². The molecular formula is C25H22N4O6. The number of nitrogens with one attached hydrogen (secondary N) is 2. The van der Waals surface area contributed by atoms with E-state index in [1.807, 2.05) is 0 Å². The summed E-state index contributed by atoms with van der Waals surface area (Å²) in [4.78, 5) is 48.0. The van der Waals surface area contributed by atoms with Crippen LogP contribution in [0.4, 0.5) is 5.69 Å². The quantitative estimate of drug-likeness (QED) is 0.157. The van der Waals surface area contributed by atoms with Gasteiger partial charge in [-0.2, -0.15) is 5.10 Å². The van der Waals surface area contributed by atoms with Crippen LogP contribution in [0.5, 0.6) is 11.5 Å². The molecule has 0 aromatic heterocycles. The Hall–Kier alpha value is -4.99. The Kier molecular flexibility index (Phi) is 7.91. The summed E-state index contributed by atoms with van der Waals surface area (Å²) in [5.41, 5.74) is 8.92. The highest BCUT2D eigenvalue weighted by atomic mass is 16.5. The number of carbonyl (C=O) groups is 4. The van der Waals surface area contributed by atoms with Crippen molar-refractivity contribution in [1.29, 1.82) is 0 Å². The van der Waals surface area contributed by atoms with Crippen molar-refractivity contribution in [3.05, 3.63) is 89.5 Å². The zero-order valence-corrected chi connectivity index (χ0v) is 18.9. The second-order valence-electron chi connectivity index (χ2n) is 7.15. The van der Waals surface area contributed by atoms with E-state index in [4.69, 9.17) is 15.2 Å². The number of benzene rings is 3. The van der Waals surface area contributed by atoms with E-state index in [1.165, 1.54) is 31.4 Å². The predicted octanol–water partition coefficient (Wildman–Crippen LogP) is 2.49. The lowest BCUT2D eigenvalue weighted by Crippen LogP contribution is -2.33. The largest absolute Gasteiger partial charge is 0.497 e. The fourth-order valence-electron chi connectivity index (χ4n) is 2.91. The minimum atomic E-state index is -1.02. The molecule has 0 aliphatic carbocycles. The van der Waals surface area contributed by atoms with E-state index in [1.54, 1.807) is 55.5 Å². The molecule has 0 atom stereocenters. The zero-order chi connectivity index (χ0) is 25.4. The molecule has 35 heavy (non-hydrogen) atoms. The van der Waals surface area contributed by atoms with Crippen LogP contribution in [0, 0.1) is 0 Å². The molecule has 3 aromatic rings. The Balaban J connectivity index is 1.67. The Morgan fingerprint density at radius 3 is 2.26 bits per heavy atom. The standard InChI is InChI=1S/C25H22N4O6/c1-15(28-29-24(32)23(31)27-18-12-10-16(11-13-18)22(26)30)20-8-3-4-9-21(20)35-25(33)17-6-5-7-19(14-17)34-2/h3-14H,1-2H3,(H2,26,30)(H,27,31)(H,29,32). The van der Waals surface area contributed by atoms with Gasteiger partial charge in [0.15, 0.2) is 0 Å². The normalized spacial score (nSPS) is 10.7. The molecule has 0 aliphatic heterocycles. The third-order valence-electron chi connectivity index (χ3n) is 4.74. The van der Waals surface area contributed by atoms with Gasteiger partial charge in [0.25, 0.3) is 0 Å². The average Bonchev–Trinajstić information content (AvgIpc) is 2.87. The number of nitrogens with zero attached hydrogens (tertiary/aromatic N) is 1. The Morgan fingerprint density at radius 2 is 1.57 bits per heavy atom. The molecule has 3 rings (SSSR count). The molecule has 0 spiro atoms. The number of para-hydroxylation sites is 1. The number of esters is 1. The van der Waals surface area contributed by atoms with E-state index in [0.29, 0.717) is 28.3 Å². The van der Waals surface area contributed by atoms with Crippen molar-refractivity contribution in [1.82, 2.24) is 5.43 Å². The highest BCUT2D eigenvalue weighted by molar-refractivity contribution is 6.39. The molecule has 0 aliphatic rings. The van der Waals surface area contributed by atoms with E-state index < -0.39 is 23.7 Å². The van der Waals surface area contributed by atoms with Gasteiger partial charge in [-0.1, -0.05) is 18.2 Å². The van der Waals surface area contributed by atoms with E-state index >= 15 is 0 Å². The molecule has 3 aromatic carbocycles. The van der Waals surface area contributed by atoms with Crippen molar-refractivity contribution < 1.29 is 28.7 Å². The van der Waals surface area contributed by atoms with Crippen molar-refractivity contribution in [2.24, 2.45) is 10.8 Å². The first-order valence-corrected chi connectivity index (χ1v) is 10.3. The van der Waals surface area contributed by atoms with Gasteiger partial charge in [0, 0.05) is 16.8 Å². The van der Waals surface area contributed by atoms with Crippen molar-refractivity contribution in [2.45, 2.75) is 6.92 Å². The molecule has 10 heteroatoms. The fraction of sp³-hybridized carbons (Fsp3) is 0.0800. The van der Waals surface area contributed by atoms with Gasteiger partial charge >= 0.3 is 17.8 Å². The van der Waals surface area contributed by atoms with Gasteiger partial charge in [-0.3, -0.25) is 14.4 Å². The van der Waals surface area contributed by atoms with Gasteiger partial charge in [0.2, 0.25) is 5.91 Å². The van der Waals surface area contributed by atoms with E-state index in [0.717, 1.165) is 0 Å². The first kappa shape index (κ1) is 24.6. The monoisotopic (exact) mass is 474 g/mol. The highest BCUT2D eigenvalue weighted by Gasteiger charge is 2.16. The minimum absolute atomic E-state index is 0.217. The number of hydrazone groups is 1. The summed E-state index contributed by atoms with van der Waals surface area (Å²) in [5, 5.41) is 6.33. The van der Waals surface area contributed by atoms with Crippen molar-refractivity contribution in [2.75, 3.05) is 12.4 Å². The minimum Gasteiger partial charge on any atom is -0.497 e. The number of nitrogens with two attached hydrogens (primary N) is 1. The maximum Gasteiger partial charge on any atom is 0.343 e. The van der Waals surface area contributed by atoms with E-state index in [9.17, 15) is 19.2 Å². The molecule has 0 saturated carbocycles. The number of anilines is 1. The van der Waals surface area contributed by atoms with Gasteiger partial charge < -0.3 is 20.5 Å². The Bertz CT molecular complexity index is 1300. The smallest absolute Gasteiger partial charge is 0.343 e. The number of amides is 3. The number of hydrogen-bond acceptors (Lipinski definition) is 7. The highest BCUT2D eigenvalue weighted by Crippen LogP contribution is 2.21. The van der Waals surface area contributed by atoms with Crippen molar-refractivity contribution in [3.8, 4) is 11.5 Å². The zero-order valence-electron chi connectivity index (χ0n) is 18.9. The third kappa shape index (κ3) is 6.51. The van der Waals surface area contributed by atoms with Crippen LogP contribution < -0.4 is 25.9 Å².